The van der Waals surface area contributed by atoms with Gasteiger partial charge in [-0.1, -0.05) is 72.8 Å². The predicted molar refractivity (Wildman–Crippen MR) is 142 cm³/mol. The molecule has 168 valence electrons. The lowest BCUT2D eigenvalue weighted by Crippen LogP contribution is -2.41. The van der Waals surface area contributed by atoms with Gasteiger partial charge >= 0.3 is 7.12 Å². The average molecular weight is 445 g/mol. The Hall–Kier alpha value is -3.34. The van der Waals surface area contributed by atoms with Gasteiger partial charge in [-0.2, -0.15) is 0 Å². The van der Waals surface area contributed by atoms with Crippen LogP contribution in [0.5, 0.6) is 0 Å². The molecule has 4 aromatic carbocycles. The molecule has 34 heavy (non-hydrogen) atoms. The second kappa shape index (κ2) is 7.59. The van der Waals surface area contributed by atoms with Gasteiger partial charge in [0.25, 0.3) is 0 Å². The number of fused-ring (bicyclic) bond motifs is 3. The van der Waals surface area contributed by atoms with Crippen LogP contribution in [0.1, 0.15) is 27.7 Å². The van der Waals surface area contributed by atoms with E-state index in [2.05, 4.69) is 129 Å². The van der Waals surface area contributed by atoms with Crippen LogP contribution in [0.3, 0.4) is 0 Å². The van der Waals surface area contributed by atoms with Crippen molar-refractivity contribution in [3.05, 3.63) is 97.1 Å². The summed E-state index contributed by atoms with van der Waals surface area (Å²) in [7, 11) is -0.395. The fourth-order valence-corrected chi connectivity index (χ4v) is 4.93. The van der Waals surface area contributed by atoms with Crippen molar-refractivity contribution in [3.63, 3.8) is 0 Å². The number of hydrogen-bond donors (Lipinski definition) is 0. The van der Waals surface area contributed by atoms with E-state index in [1.807, 2.05) is 0 Å². The largest absolute Gasteiger partial charge is 0.494 e. The fourth-order valence-electron chi connectivity index (χ4n) is 4.93. The lowest BCUT2D eigenvalue weighted by Gasteiger charge is -2.32. The molecule has 1 aromatic heterocycles. The Kier molecular flexibility index (Phi) is 4.74. The summed E-state index contributed by atoms with van der Waals surface area (Å²) in [5.74, 6) is 0. The average Bonchev–Trinajstić information content (AvgIpc) is 3.29. The van der Waals surface area contributed by atoms with Gasteiger partial charge in [0.2, 0.25) is 0 Å². The Labute approximate surface area is 201 Å². The quantitative estimate of drug-likeness (QED) is 0.287. The van der Waals surface area contributed by atoms with E-state index in [1.165, 1.54) is 32.9 Å². The first-order chi connectivity index (χ1) is 16.4. The van der Waals surface area contributed by atoms with Crippen molar-refractivity contribution in [2.75, 3.05) is 0 Å². The minimum absolute atomic E-state index is 0.375. The van der Waals surface area contributed by atoms with Crippen molar-refractivity contribution in [2.45, 2.75) is 38.9 Å². The van der Waals surface area contributed by atoms with Crippen molar-refractivity contribution >= 4 is 34.4 Å². The summed E-state index contributed by atoms with van der Waals surface area (Å²) in [6.07, 6.45) is 0. The van der Waals surface area contributed by atoms with Crippen LogP contribution in [0.25, 0.3) is 38.6 Å². The minimum atomic E-state index is -0.395. The molecule has 1 aliphatic rings. The highest BCUT2D eigenvalue weighted by atomic mass is 16.7. The molecule has 1 aliphatic heterocycles. The number of para-hydroxylation sites is 1. The summed E-state index contributed by atoms with van der Waals surface area (Å²) >= 11 is 0. The lowest BCUT2D eigenvalue weighted by atomic mass is 9.78. The van der Waals surface area contributed by atoms with Crippen molar-refractivity contribution in [1.29, 1.82) is 0 Å². The van der Waals surface area contributed by atoms with Gasteiger partial charge in [-0.25, -0.2) is 0 Å². The highest BCUT2D eigenvalue weighted by molar-refractivity contribution is 6.62. The Morgan fingerprint density at radius 1 is 0.647 bits per heavy atom. The first-order valence-electron chi connectivity index (χ1n) is 11.9. The molecule has 4 heteroatoms. The van der Waals surface area contributed by atoms with Crippen molar-refractivity contribution in [2.24, 2.45) is 0 Å². The van der Waals surface area contributed by atoms with Gasteiger partial charge < -0.3 is 13.9 Å². The second-order valence-corrected chi connectivity index (χ2v) is 10.1. The molecule has 6 rings (SSSR count). The Balaban J connectivity index is 1.64. The van der Waals surface area contributed by atoms with Crippen molar-refractivity contribution in [3.8, 4) is 16.8 Å². The van der Waals surface area contributed by atoms with Crippen LogP contribution >= 0.6 is 0 Å². The molecule has 0 aliphatic carbocycles. The molecular weight excluding hydrogens is 417 g/mol. The Morgan fingerprint density at radius 2 is 1.29 bits per heavy atom. The molecule has 1 saturated heterocycles. The predicted octanol–water partition coefficient (Wildman–Crippen LogP) is 6.75. The van der Waals surface area contributed by atoms with Gasteiger partial charge in [0.05, 0.1) is 22.2 Å². The first-order valence-corrected chi connectivity index (χ1v) is 11.9. The van der Waals surface area contributed by atoms with E-state index in [1.54, 1.807) is 0 Å². The van der Waals surface area contributed by atoms with E-state index in [9.17, 15) is 0 Å². The maximum atomic E-state index is 6.39. The zero-order valence-corrected chi connectivity index (χ0v) is 20.1. The van der Waals surface area contributed by atoms with Crippen LogP contribution in [0.15, 0.2) is 97.1 Å². The summed E-state index contributed by atoms with van der Waals surface area (Å²) in [5.41, 5.74) is 6.24. The standard InChI is InChI=1S/C30H28BNO2/c1-29(2)30(3,4)34-31(33-29)22-18-19-26-25(20-22)28-24(21-12-7-5-8-13-21)16-11-17-27(28)32(26)23-14-9-6-10-15-23/h5-20H,1-4H3. The number of aromatic nitrogens is 1. The third-order valence-electron chi connectivity index (χ3n) is 7.44. The Bertz CT molecular complexity index is 1490. The smallest absolute Gasteiger partial charge is 0.399 e. The van der Waals surface area contributed by atoms with Crippen LogP contribution in [0.4, 0.5) is 0 Å². The first kappa shape index (κ1) is 21.2. The van der Waals surface area contributed by atoms with E-state index in [-0.39, 0.29) is 11.2 Å². The maximum Gasteiger partial charge on any atom is 0.494 e. The zero-order valence-electron chi connectivity index (χ0n) is 20.1. The SMILES string of the molecule is CC1(C)OB(c2ccc3c(c2)c2c(-c4ccccc4)cccc2n3-c2ccccc2)OC1(C)C. The molecule has 0 atom stereocenters. The van der Waals surface area contributed by atoms with Gasteiger partial charge in [-0.3, -0.25) is 0 Å². The normalized spacial score (nSPS) is 17.0. The molecule has 3 nitrogen and oxygen atoms in total. The molecule has 5 aromatic rings. The van der Waals surface area contributed by atoms with E-state index in [0.29, 0.717) is 0 Å². The third kappa shape index (κ3) is 3.21. The third-order valence-corrected chi connectivity index (χ3v) is 7.44. The summed E-state index contributed by atoms with van der Waals surface area (Å²) in [6.45, 7) is 8.39. The van der Waals surface area contributed by atoms with Crippen molar-refractivity contribution in [1.82, 2.24) is 4.57 Å². The van der Waals surface area contributed by atoms with Crippen molar-refractivity contribution < 1.29 is 9.31 Å². The Morgan fingerprint density at radius 3 is 1.97 bits per heavy atom. The topological polar surface area (TPSA) is 23.4 Å². The maximum absolute atomic E-state index is 6.39. The van der Waals surface area contributed by atoms with Crippen LogP contribution in [0, 0.1) is 0 Å². The van der Waals surface area contributed by atoms with Gasteiger partial charge in [0.1, 0.15) is 0 Å². The lowest BCUT2D eigenvalue weighted by molar-refractivity contribution is 0.00578. The van der Waals surface area contributed by atoms with Gasteiger partial charge in [0, 0.05) is 16.5 Å². The van der Waals surface area contributed by atoms with E-state index in [0.717, 1.165) is 11.2 Å². The molecule has 0 saturated carbocycles. The van der Waals surface area contributed by atoms with E-state index >= 15 is 0 Å². The molecule has 1 fully saturated rings. The van der Waals surface area contributed by atoms with Gasteiger partial charge in [0.15, 0.2) is 0 Å². The summed E-state index contributed by atoms with van der Waals surface area (Å²) in [4.78, 5) is 0. The summed E-state index contributed by atoms with van der Waals surface area (Å²) < 4.78 is 15.1. The van der Waals surface area contributed by atoms with E-state index < -0.39 is 7.12 Å². The van der Waals surface area contributed by atoms with Crippen LogP contribution in [0.2, 0.25) is 0 Å². The minimum Gasteiger partial charge on any atom is -0.399 e. The molecular formula is C30H28BNO2. The second-order valence-electron chi connectivity index (χ2n) is 10.1. The molecule has 0 spiro atoms. The molecule has 0 amide bonds. The molecule has 0 radical (unpaired) electrons. The van der Waals surface area contributed by atoms with Gasteiger partial charge in [-0.05, 0) is 68.6 Å². The zero-order chi connectivity index (χ0) is 23.5. The van der Waals surface area contributed by atoms with Crippen LogP contribution in [-0.4, -0.2) is 22.9 Å². The molecule has 0 N–H and O–H groups in total. The summed E-state index contributed by atoms with van der Waals surface area (Å²) in [5, 5.41) is 2.44. The number of hydrogen-bond acceptors (Lipinski definition) is 2. The fraction of sp³-hybridized carbons (Fsp3) is 0.200. The highest BCUT2D eigenvalue weighted by Gasteiger charge is 2.51. The number of benzene rings is 4. The molecule has 0 unspecified atom stereocenters. The van der Waals surface area contributed by atoms with E-state index in [4.69, 9.17) is 9.31 Å². The number of rotatable bonds is 3. The van der Waals surface area contributed by atoms with Crippen LogP contribution in [-0.2, 0) is 9.31 Å². The van der Waals surface area contributed by atoms with Crippen LogP contribution < -0.4 is 5.46 Å². The molecule has 2 heterocycles. The molecule has 0 bridgehead atoms. The summed E-state index contributed by atoms with van der Waals surface area (Å²) in [6, 6.07) is 34.4. The van der Waals surface area contributed by atoms with Gasteiger partial charge in [-0.15, -0.1) is 0 Å². The highest BCUT2D eigenvalue weighted by Crippen LogP contribution is 2.40. The number of nitrogens with zero attached hydrogens (tertiary/aromatic N) is 1. The monoisotopic (exact) mass is 445 g/mol.